The van der Waals surface area contributed by atoms with E-state index in [0.29, 0.717) is 11.0 Å². The lowest BCUT2D eigenvalue weighted by Gasteiger charge is -2.25. The molecule has 1 atom stereocenters. The molecule has 2 N–H and O–H groups in total. The van der Waals surface area contributed by atoms with E-state index in [9.17, 15) is 24.0 Å². The van der Waals surface area contributed by atoms with Crippen LogP contribution in [-0.4, -0.2) is 71.8 Å². The van der Waals surface area contributed by atoms with Crippen LogP contribution in [0.15, 0.2) is 0 Å². The Kier molecular flexibility index (Phi) is 8.56. The Labute approximate surface area is 170 Å². The van der Waals surface area contributed by atoms with Gasteiger partial charge < -0.3 is 15.5 Å². The molecule has 2 fully saturated rings. The average molecular weight is 419 g/mol. The highest BCUT2D eigenvalue weighted by molar-refractivity contribution is 6.01. The molecule has 2 saturated heterocycles. The molecule has 0 aromatic carbocycles. The molecule has 2 aliphatic rings. The van der Waals surface area contributed by atoms with Crippen LogP contribution in [-0.2, 0) is 28.8 Å². The van der Waals surface area contributed by atoms with Crippen molar-refractivity contribution in [2.24, 2.45) is 5.92 Å². The molecule has 2 heterocycles. The van der Waals surface area contributed by atoms with Gasteiger partial charge >= 0.3 is 5.97 Å². The third kappa shape index (κ3) is 7.12. The number of imide groups is 1. The largest absolute Gasteiger partial charge is 0.355 e. The molecule has 10 nitrogen and oxygen atoms in total. The van der Waals surface area contributed by atoms with E-state index in [0.717, 1.165) is 25.9 Å². The molecule has 0 saturated carbocycles. The van der Waals surface area contributed by atoms with Gasteiger partial charge in [0.25, 0.3) is 11.8 Å². The van der Waals surface area contributed by atoms with Gasteiger partial charge in [0.15, 0.2) is 0 Å². The molecule has 0 aliphatic carbocycles. The van der Waals surface area contributed by atoms with Crippen LogP contribution in [0.1, 0.15) is 52.4 Å². The van der Waals surface area contributed by atoms with Crippen LogP contribution in [0, 0.1) is 5.92 Å². The smallest absolute Gasteiger partial charge is 0.334 e. The summed E-state index contributed by atoms with van der Waals surface area (Å²) in [5, 5.41) is 5.83. The molecule has 0 spiro atoms. The van der Waals surface area contributed by atoms with Gasteiger partial charge in [-0.3, -0.25) is 24.1 Å². The summed E-state index contributed by atoms with van der Waals surface area (Å²) in [6.45, 7) is 6.28. The minimum absolute atomic E-state index is 0.0205. The summed E-state index contributed by atoms with van der Waals surface area (Å²) in [6, 6.07) is -0.133. The fraction of sp³-hybridized carbons (Fsp3) is 0.737. The molecular weight excluding hydrogens is 389 g/mol. The minimum Gasteiger partial charge on any atom is -0.355 e. The van der Waals surface area contributed by atoms with Crippen LogP contribution in [0.3, 0.4) is 0 Å². The molecule has 2 rings (SSSR count). The van der Waals surface area contributed by atoms with Crippen molar-refractivity contribution in [1.29, 1.82) is 0 Å². The number of hydrogen-bond donors (Lipinski definition) is 2. The van der Waals surface area contributed by atoms with Gasteiger partial charge in [-0.25, -0.2) is 4.79 Å². The van der Waals surface area contributed by atoms with E-state index in [4.69, 9.17) is 4.84 Å². The fourth-order valence-corrected chi connectivity index (χ4v) is 3.43. The molecule has 162 valence electrons. The third-order valence-electron chi connectivity index (χ3n) is 4.77. The van der Waals surface area contributed by atoms with Crippen LogP contribution in [0.5, 0.6) is 0 Å². The highest BCUT2D eigenvalue weighted by atomic mass is 16.8. The number of nitrogens with zero attached hydrogens (tertiary/aromatic N) is 2. The molecule has 2 aliphatic heterocycles. The van der Waals surface area contributed by atoms with Gasteiger partial charge in [-0.05, 0) is 25.3 Å². The van der Waals surface area contributed by atoms with E-state index in [-0.39, 0.29) is 56.6 Å². The van der Waals surface area contributed by atoms with Gasteiger partial charge in [-0.15, -0.1) is 5.06 Å². The number of amides is 4. The van der Waals surface area contributed by atoms with E-state index < -0.39 is 17.8 Å². The maximum Gasteiger partial charge on any atom is 0.334 e. The second-order valence-corrected chi connectivity index (χ2v) is 7.73. The van der Waals surface area contributed by atoms with Gasteiger partial charge in [-0.2, -0.15) is 0 Å². The number of likely N-dealkylation sites (tertiary alicyclic amines) is 1. The molecule has 10 heteroatoms. The van der Waals surface area contributed by atoms with Crippen molar-refractivity contribution in [2.45, 2.75) is 58.4 Å². The van der Waals surface area contributed by atoms with Crippen LogP contribution in [0.25, 0.3) is 0 Å². The predicted octanol–water partition coefficient (Wildman–Crippen LogP) is -0.273. The predicted molar refractivity (Wildman–Crippen MR) is 102 cm³/mol. The van der Waals surface area contributed by atoms with Crippen LogP contribution < -0.4 is 10.6 Å². The Balaban J connectivity index is 1.58. The summed E-state index contributed by atoms with van der Waals surface area (Å²) in [7, 11) is 0. The first kappa shape index (κ1) is 22.8. The Morgan fingerprint density at radius 1 is 1.07 bits per heavy atom. The first-order valence-corrected chi connectivity index (χ1v) is 10.1. The third-order valence-corrected chi connectivity index (χ3v) is 4.77. The number of carbonyl (C=O) groups is 5. The van der Waals surface area contributed by atoms with Crippen molar-refractivity contribution in [2.75, 3.05) is 26.2 Å². The standard InChI is InChI=1S/C19H30N4O6/c1-13(2)12-22-11-3-4-14(22)19(28)21-9-7-15(24)20-10-8-18(27)29-23-16(25)5-6-17(23)26/h13-14H,3-12H2,1-2H3,(H,20,24)(H,21,28)/i7+1,8+1,10+1,12+1,14+1,15+1,18+1,20+1,22+1. The Morgan fingerprint density at radius 3 is 2.38 bits per heavy atom. The highest BCUT2D eigenvalue weighted by Gasteiger charge is 2.33. The highest BCUT2D eigenvalue weighted by Crippen LogP contribution is 2.18. The minimum atomic E-state index is -0.770. The van der Waals surface area contributed by atoms with E-state index in [1.165, 1.54) is 0 Å². The van der Waals surface area contributed by atoms with Gasteiger partial charge in [0.1, 0.15) is 0 Å². The second kappa shape index (κ2) is 10.9. The summed E-state index contributed by atoms with van der Waals surface area (Å²) >= 11 is 0. The van der Waals surface area contributed by atoms with Crippen molar-refractivity contribution in [1.82, 2.24) is 20.6 Å². The Bertz CT molecular complexity index is 635. The zero-order chi connectivity index (χ0) is 21.4. The Hall–Kier alpha value is -2.49. The maximum absolute atomic E-state index is 12.3. The topological polar surface area (TPSA) is 125 Å². The number of carbonyl (C=O) groups excluding carboxylic acids is 5. The quantitative estimate of drug-likeness (QED) is 0.284. The number of hydroxylamine groups is 2. The lowest BCUT2D eigenvalue weighted by atomic mass is 10.4. The molecule has 0 aromatic heterocycles. The zero-order valence-corrected chi connectivity index (χ0v) is 17.1. The molecule has 29 heavy (non-hydrogen) atoms. The molecule has 4 amide bonds. The monoisotopic (exact) mass is 419 g/mol. The van der Waals surface area contributed by atoms with Crippen molar-refractivity contribution in [3.05, 3.63) is 0 Å². The molecule has 1 unspecified atom stereocenters. The van der Waals surface area contributed by atoms with Gasteiger partial charge in [0.2, 0.25) is 11.8 Å². The van der Waals surface area contributed by atoms with Crippen LogP contribution in [0.2, 0.25) is 0 Å². The zero-order valence-electron chi connectivity index (χ0n) is 17.1. The first-order valence-electron chi connectivity index (χ1n) is 10.1. The lowest BCUT2D eigenvalue weighted by molar-refractivity contribution is -0.197. The van der Waals surface area contributed by atoms with Crippen molar-refractivity contribution in [3.63, 3.8) is 0 Å². The van der Waals surface area contributed by atoms with Gasteiger partial charge in [-0.1, -0.05) is 13.8 Å². The SMILES string of the molecule is CC(C)[13CH2][15N]1CCC[13CH]1C(=O)NC[13CH2][13C](=O)[15NH][13CH2][13CH2][13C](=O)ON1C(=O)CCC1=O. The van der Waals surface area contributed by atoms with Crippen molar-refractivity contribution < 1.29 is 28.8 Å². The van der Waals surface area contributed by atoms with Gasteiger partial charge in [0.05, 0.1) is 12.5 Å². The van der Waals surface area contributed by atoms with Crippen LogP contribution in [0.4, 0.5) is 0 Å². The maximum atomic E-state index is 12.3. The van der Waals surface area contributed by atoms with E-state index >= 15 is 0 Å². The van der Waals surface area contributed by atoms with Gasteiger partial charge in [0, 0.05) is 38.9 Å². The van der Waals surface area contributed by atoms with E-state index in [2.05, 4.69) is 29.4 Å². The summed E-state index contributed by atoms with van der Waals surface area (Å²) in [6.07, 6.45) is 1.82. The van der Waals surface area contributed by atoms with Crippen molar-refractivity contribution >= 4 is 29.6 Å². The number of rotatable bonds is 10. The summed E-state index contributed by atoms with van der Waals surface area (Å²) < 4.78 is 0. The first-order chi connectivity index (χ1) is 13.8. The number of hydrogen-bond acceptors (Lipinski definition) is 7. The van der Waals surface area contributed by atoms with E-state index in [1.54, 1.807) is 0 Å². The van der Waals surface area contributed by atoms with Crippen LogP contribution >= 0.6 is 0 Å². The Morgan fingerprint density at radius 2 is 1.72 bits per heavy atom. The lowest BCUT2D eigenvalue weighted by Crippen LogP contribution is -2.45. The summed E-state index contributed by atoms with van der Waals surface area (Å²) in [5.74, 6) is -1.73. The summed E-state index contributed by atoms with van der Waals surface area (Å²) in [5.41, 5.74) is 0. The molecule has 0 aromatic rings. The number of nitrogens with one attached hydrogen (secondary N) is 2. The van der Waals surface area contributed by atoms with Crippen molar-refractivity contribution in [3.8, 4) is 0 Å². The molecular formula is C19H30N4O6. The fourth-order valence-electron chi connectivity index (χ4n) is 3.43. The summed E-state index contributed by atoms with van der Waals surface area (Å²) in [4.78, 5) is 65.4. The normalized spacial score (nSPS) is 19.7. The molecule has 0 radical (unpaired) electrons. The van der Waals surface area contributed by atoms with E-state index in [1.807, 2.05) is 0 Å². The second-order valence-electron chi connectivity index (χ2n) is 7.73. The molecule has 0 bridgehead atoms. The average Bonchev–Trinajstić information content (AvgIpc) is 3.22.